The first-order chi connectivity index (χ1) is 8.40. The Morgan fingerprint density at radius 1 is 1.42 bits per heavy atom. The smallest absolute Gasteiger partial charge is 0.238 e. The molecular formula is C14H24ClN3O. The summed E-state index contributed by atoms with van der Waals surface area (Å²) in [4.78, 5) is 13.8. The maximum atomic E-state index is 11.9. The van der Waals surface area contributed by atoms with Crippen molar-refractivity contribution in [2.24, 2.45) is 5.73 Å². The second-order valence-electron chi connectivity index (χ2n) is 4.97. The highest BCUT2D eigenvalue weighted by atomic mass is 35.5. The SMILES string of the molecule is Cc1cccc(NC(=O)CN(C)CC(C)N)c1C.Cl. The van der Waals surface area contributed by atoms with Crippen molar-refractivity contribution in [2.45, 2.75) is 26.8 Å². The zero-order valence-electron chi connectivity index (χ0n) is 12.1. The molecule has 1 atom stereocenters. The van der Waals surface area contributed by atoms with E-state index in [0.29, 0.717) is 13.1 Å². The van der Waals surface area contributed by atoms with Gasteiger partial charge in [0, 0.05) is 18.3 Å². The van der Waals surface area contributed by atoms with Gasteiger partial charge in [0.1, 0.15) is 0 Å². The van der Waals surface area contributed by atoms with Crippen LogP contribution in [-0.4, -0.2) is 37.0 Å². The van der Waals surface area contributed by atoms with Crippen molar-refractivity contribution in [3.05, 3.63) is 29.3 Å². The molecule has 5 heteroatoms. The van der Waals surface area contributed by atoms with Crippen LogP contribution >= 0.6 is 12.4 Å². The maximum Gasteiger partial charge on any atom is 0.238 e. The highest BCUT2D eigenvalue weighted by molar-refractivity contribution is 5.93. The monoisotopic (exact) mass is 285 g/mol. The van der Waals surface area contributed by atoms with Gasteiger partial charge in [0.05, 0.1) is 6.54 Å². The number of carbonyl (C=O) groups excluding carboxylic acids is 1. The van der Waals surface area contributed by atoms with Crippen LogP contribution in [0, 0.1) is 13.8 Å². The summed E-state index contributed by atoms with van der Waals surface area (Å²) >= 11 is 0. The molecule has 0 saturated heterocycles. The first-order valence-electron chi connectivity index (χ1n) is 6.20. The van der Waals surface area contributed by atoms with Crippen molar-refractivity contribution < 1.29 is 4.79 Å². The summed E-state index contributed by atoms with van der Waals surface area (Å²) in [5.41, 5.74) is 8.87. The van der Waals surface area contributed by atoms with Crippen molar-refractivity contribution in [3.63, 3.8) is 0 Å². The molecule has 0 aliphatic rings. The number of likely N-dealkylation sites (N-methyl/N-ethyl adjacent to an activating group) is 1. The lowest BCUT2D eigenvalue weighted by Gasteiger charge is -2.18. The standard InChI is InChI=1S/C14H23N3O.ClH/c1-10-6-5-7-13(12(10)3)16-14(18)9-17(4)8-11(2)15;/h5-7,11H,8-9,15H2,1-4H3,(H,16,18);1H. The molecule has 0 aliphatic carbocycles. The number of anilines is 1. The van der Waals surface area contributed by atoms with Gasteiger partial charge in [0.15, 0.2) is 0 Å². The Balaban J connectivity index is 0.00000324. The molecule has 1 aromatic rings. The molecule has 0 aromatic heterocycles. The quantitative estimate of drug-likeness (QED) is 0.869. The Hall–Kier alpha value is -1.10. The van der Waals surface area contributed by atoms with Gasteiger partial charge >= 0.3 is 0 Å². The molecule has 3 N–H and O–H groups in total. The van der Waals surface area contributed by atoms with Crippen LogP contribution in [0.15, 0.2) is 18.2 Å². The van der Waals surface area contributed by atoms with Crippen LogP contribution in [0.25, 0.3) is 0 Å². The van der Waals surface area contributed by atoms with E-state index >= 15 is 0 Å². The third kappa shape index (κ3) is 6.05. The number of nitrogens with zero attached hydrogens (tertiary/aromatic N) is 1. The minimum absolute atomic E-state index is 0. The Morgan fingerprint density at radius 3 is 2.63 bits per heavy atom. The molecule has 0 radical (unpaired) electrons. The first kappa shape index (κ1) is 17.9. The van der Waals surface area contributed by atoms with Crippen LogP contribution in [-0.2, 0) is 4.79 Å². The van der Waals surface area contributed by atoms with E-state index in [9.17, 15) is 4.79 Å². The van der Waals surface area contributed by atoms with Crippen molar-refractivity contribution in [1.29, 1.82) is 0 Å². The summed E-state index contributed by atoms with van der Waals surface area (Å²) in [6, 6.07) is 5.98. The van der Waals surface area contributed by atoms with Crippen LogP contribution in [0.4, 0.5) is 5.69 Å². The Kier molecular flexibility index (Phi) is 7.68. The van der Waals surface area contributed by atoms with Crippen LogP contribution in [0.5, 0.6) is 0 Å². The van der Waals surface area contributed by atoms with Gasteiger partial charge in [-0.25, -0.2) is 0 Å². The van der Waals surface area contributed by atoms with Crippen molar-refractivity contribution in [3.8, 4) is 0 Å². The molecule has 0 spiro atoms. The predicted molar refractivity (Wildman–Crippen MR) is 82.9 cm³/mol. The van der Waals surface area contributed by atoms with Crippen LogP contribution in [0.2, 0.25) is 0 Å². The van der Waals surface area contributed by atoms with Crippen LogP contribution < -0.4 is 11.1 Å². The largest absolute Gasteiger partial charge is 0.327 e. The van der Waals surface area contributed by atoms with Gasteiger partial charge < -0.3 is 11.1 Å². The predicted octanol–water partition coefficient (Wildman–Crippen LogP) is 1.94. The average Bonchev–Trinajstić information content (AvgIpc) is 2.23. The maximum absolute atomic E-state index is 11.9. The van der Waals surface area contributed by atoms with E-state index in [1.807, 2.05) is 50.9 Å². The fraction of sp³-hybridized carbons (Fsp3) is 0.500. The number of hydrogen-bond donors (Lipinski definition) is 2. The van der Waals surface area contributed by atoms with E-state index in [1.54, 1.807) is 0 Å². The van der Waals surface area contributed by atoms with Gasteiger partial charge in [0.25, 0.3) is 0 Å². The molecule has 0 heterocycles. The molecule has 4 nitrogen and oxygen atoms in total. The molecule has 0 saturated carbocycles. The molecule has 0 aliphatic heterocycles. The van der Waals surface area contributed by atoms with E-state index in [2.05, 4.69) is 5.32 Å². The number of carbonyl (C=O) groups is 1. The summed E-state index contributed by atoms with van der Waals surface area (Å²) in [5, 5.41) is 2.93. The Labute approximate surface area is 121 Å². The summed E-state index contributed by atoms with van der Waals surface area (Å²) < 4.78 is 0. The van der Waals surface area contributed by atoms with Crippen molar-refractivity contribution in [1.82, 2.24) is 4.90 Å². The van der Waals surface area contributed by atoms with Crippen LogP contribution in [0.3, 0.4) is 0 Å². The molecule has 1 amide bonds. The van der Waals surface area contributed by atoms with E-state index in [4.69, 9.17) is 5.73 Å². The molecular weight excluding hydrogens is 262 g/mol. The van der Waals surface area contributed by atoms with Gasteiger partial charge in [-0.1, -0.05) is 12.1 Å². The fourth-order valence-electron chi connectivity index (χ4n) is 1.88. The van der Waals surface area contributed by atoms with Gasteiger partial charge in [-0.15, -0.1) is 12.4 Å². The van der Waals surface area contributed by atoms with Gasteiger partial charge in [-0.05, 0) is 45.0 Å². The number of halogens is 1. The minimum Gasteiger partial charge on any atom is -0.327 e. The van der Waals surface area contributed by atoms with E-state index in [-0.39, 0.29) is 24.4 Å². The number of nitrogens with two attached hydrogens (primary N) is 1. The Bertz CT molecular complexity index is 421. The normalized spacial score (nSPS) is 11.9. The average molecular weight is 286 g/mol. The highest BCUT2D eigenvalue weighted by Gasteiger charge is 2.09. The van der Waals surface area contributed by atoms with Crippen molar-refractivity contribution in [2.75, 3.05) is 25.5 Å². The lowest BCUT2D eigenvalue weighted by atomic mass is 10.1. The number of nitrogens with one attached hydrogen (secondary N) is 1. The third-order valence-electron chi connectivity index (χ3n) is 2.89. The molecule has 1 unspecified atom stereocenters. The lowest BCUT2D eigenvalue weighted by molar-refractivity contribution is -0.117. The number of aryl methyl sites for hydroxylation is 1. The topological polar surface area (TPSA) is 58.4 Å². The summed E-state index contributed by atoms with van der Waals surface area (Å²) in [7, 11) is 1.89. The molecule has 19 heavy (non-hydrogen) atoms. The van der Waals surface area contributed by atoms with Crippen LogP contribution in [0.1, 0.15) is 18.1 Å². The zero-order valence-corrected chi connectivity index (χ0v) is 12.9. The summed E-state index contributed by atoms with van der Waals surface area (Å²) in [6.07, 6.45) is 0. The third-order valence-corrected chi connectivity index (χ3v) is 2.89. The molecule has 0 bridgehead atoms. The lowest BCUT2D eigenvalue weighted by Crippen LogP contribution is -2.37. The fourth-order valence-corrected chi connectivity index (χ4v) is 1.88. The van der Waals surface area contributed by atoms with E-state index in [1.165, 1.54) is 5.56 Å². The second kappa shape index (κ2) is 8.15. The number of benzene rings is 1. The van der Waals surface area contributed by atoms with Gasteiger partial charge in [0.2, 0.25) is 5.91 Å². The minimum atomic E-state index is -0.00755. The van der Waals surface area contributed by atoms with E-state index in [0.717, 1.165) is 11.3 Å². The molecule has 1 aromatic carbocycles. The van der Waals surface area contributed by atoms with Crippen molar-refractivity contribution >= 4 is 24.0 Å². The molecule has 0 fully saturated rings. The summed E-state index contributed by atoms with van der Waals surface area (Å²) in [5.74, 6) is -0.00755. The molecule has 1 rings (SSSR count). The second-order valence-corrected chi connectivity index (χ2v) is 4.97. The molecule has 108 valence electrons. The van der Waals surface area contributed by atoms with Gasteiger partial charge in [-0.3, -0.25) is 9.69 Å². The first-order valence-corrected chi connectivity index (χ1v) is 6.20. The summed E-state index contributed by atoms with van der Waals surface area (Å²) in [6.45, 7) is 7.04. The van der Waals surface area contributed by atoms with E-state index < -0.39 is 0 Å². The van der Waals surface area contributed by atoms with Gasteiger partial charge in [-0.2, -0.15) is 0 Å². The number of hydrogen-bond acceptors (Lipinski definition) is 3. The number of amides is 1. The highest BCUT2D eigenvalue weighted by Crippen LogP contribution is 2.17. The number of rotatable bonds is 5. The Morgan fingerprint density at radius 2 is 2.05 bits per heavy atom. The zero-order chi connectivity index (χ0) is 13.7.